The van der Waals surface area contributed by atoms with E-state index in [1.807, 2.05) is 51.2 Å². The zero-order chi connectivity index (χ0) is 27.4. The molecule has 2 aromatic heterocycles. The summed E-state index contributed by atoms with van der Waals surface area (Å²) in [5.74, 6) is 1.77. The molecule has 5 rings (SSSR count). The first-order chi connectivity index (χ1) is 18.7. The summed E-state index contributed by atoms with van der Waals surface area (Å²) in [5, 5.41) is 18.4. The Hall–Kier alpha value is -3.89. The van der Waals surface area contributed by atoms with Crippen molar-refractivity contribution in [1.29, 1.82) is 0 Å². The summed E-state index contributed by atoms with van der Waals surface area (Å²) in [6.07, 6.45) is 4.34. The van der Waals surface area contributed by atoms with Crippen LogP contribution in [0.2, 0.25) is 5.02 Å². The van der Waals surface area contributed by atoms with Gasteiger partial charge in [-0.15, -0.1) is 5.10 Å². The van der Waals surface area contributed by atoms with E-state index >= 15 is 0 Å². The van der Waals surface area contributed by atoms with Crippen LogP contribution in [0.5, 0.6) is 5.75 Å². The molecule has 0 saturated carbocycles. The average Bonchev–Trinajstić information content (AvgIpc) is 3.67. The number of rotatable bonds is 8. The van der Waals surface area contributed by atoms with Crippen molar-refractivity contribution in [1.82, 2.24) is 25.1 Å². The molecular formula is C28H32ClN7O3. The largest absolute Gasteiger partial charge is 0.492 e. The lowest BCUT2D eigenvalue weighted by Gasteiger charge is -2.15. The normalized spacial score (nSPS) is 13.9. The van der Waals surface area contributed by atoms with Gasteiger partial charge in [-0.25, -0.2) is 9.48 Å². The van der Waals surface area contributed by atoms with Crippen LogP contribution in [0.1, 0.15) is 39.4 Å². The number of benzene rings is 2. The van der Waals surface area contributed by atoms with E-state index in [0.29, 0.717) is 40.3 Å². The van der Waals surface area contributed by atoms with Crippen molar-refractivity contribution in [3.63, 3.8) is 0 Å². The Morgan fingerprint density at radius 1 is 1.08 bits per heavy atom. The fourth-order valence-electron chi connectivity index (χ4n) is 4.27. The fourth-order valence-corrected chi connectivity index (χ4v) is 4.52. The monoisotopic (exact) mass is 549 g/mol. The molecule has 2 amide bonds. The van der Waals surface area contributed by atoms with Gasteiger partial charge < -0.3 is 14.6 Å². The minimum Gasteiger partial charge on any atom is -0.492 e. The van der Waals surface area contributed by atoms with Gasteiger partial charge in [0.2, 0.25) is 0 Å². The van der Waals surface area contributed by atoms with Gasteiger partial charge in [0.1, 0.15) is 23.8 Å². The molecule has 1 aliphatic rings. The minimum absolute atomic E-state index is 0.197. The molecule has 0 aliphatic carbocycles. The summed E-state index contributed by atoms with van der Waals surface area (Å²) in [6.45, 7) is 9.87. The van der Waals surface area contributed by atoms with Gasteiger partial charge in [0, 0.05) is 35.3 Å². The molecule has 1 fully saturated rings. The second-order valence-electron chi connectivity index (χ2n) is 10.5. The number of likely N-dealkylation sites (tertiary alicyclic amines) is 1. The second-order valence-corrected chi connectivity index (χ2v) is 10.9. The van der Waals surface area contributed by atoms with Crippen molar-refractivity contribution in [2.24, 2.45) is 0 Å². The third-order valence-corrected chi connectivity index (χ3v) is 6.77. The van der Waals surface area contributed by atoms with Gasteiger partial charge in [-0.3, -0.25) is 10.2 Å². The molecule has 10 nitrogen and oxygen atoms in total. The zero-order valence-corrected chi connectivity index (χ0v) is 23.0. The number of hydrogen-bond acceptors (Lipinski definition) is 7. The first-order valence-electron chi connectivity index (χ1n) is 13.0. The van der Waals surface area contributed by atoms with Crippen LogP contribution in [-0.2, 0) is 5.41 Å². The Morgan fingerprint density at radius 2 is 1.85 bits per heavy atom. The molecule has 0 radical (unpaired) electrons. The molecule has 3 heterocycles. The van der Waals surface area contributed by atoms with E-state index in [4.69, 9.17) is 20.9 Å². The number of aromatic nitrogens is 4. The zero-order valence-electron chi connectivity index (χ0n) is 22.3. The quantitative estimate of drug-likeness (QED) is 0.277. The van der Waals surface area contributed by atoms with Crippen molar-refractivity contribution in [2.45, 2.75) is 39.0 Å². The fraction of sp³-hybridized carbons (Fsp3) is 0.357. The lowest BCUT2D eigenvalue weighted by atomic mass is 9.93. The number of urea groups is 1. The van der Waals surface area contributed by atoms with Crippen LogP contribution in [0.3, 0.4) is 0 Å². The SMILES string of the molecule is CC(C)(C)c1cc(NC(=O)Nc2ccc(-c3cn(-c4ccc(OCCN5CCCC5)cc4Cl)nn3)cc2)no1. The van der Waals surface area contributed by atoms with Gasteiger partial charge in [-0.05, 0) is 50.2 Å². The smallest absolute Gasteiger partial charge is 0.324 e. The third kappa shape index (κ3) is 6.76. The average molecular weight is 550 g/mol. The van der Waals surface area contributed by atoms with E-state index in [-0.39, 0.29) is 5.41 Å². The topological polar surface area (TPSA) is 110 Å². The van der Waals surface area contributed by atoms with Crippen molar-refractivity contribution < 1.29 is 14.1 Å². The number of carbonyl (C=O) groups excluding carboxylic acids is 1. The van der Waals surface area contributed by atoms with E-state index < -0.39 is 6.03 Å². The number of anilines is 2. The van der Waals surface area contributed by atoms with Crippen LogP contribution >= 0.6 is 11.6 Å². The Labute approximate surface area is 232 Å². The molecule has 39 heavy (non-hydrogen) atoms. The molecule has 0 unspecified atom stereocenters. The summed E-state index contributed by atoms with van der Waals surface area (Å²) in [5.41, 5.74) is 2.64. The standard InChI is InChI=1S/C28H32ClN7O3/c1-28(2,3)25-17-26(33-39-25)31-27(37)30-20-8-6-19(7-9-20)23-18-36(34-32-23)24-11-10-21(16-22(24)29)38-15-14-35-12-4-5-13-35/h6-11,16-18H,4-5,12-15H2,1-3H3,(H2,30,31,33,37). The number of ether oxygens (including phenoxy) is 1. The van der Waals surface area contributed by atoms with Crippen molar-refractivity contribution >= 4 is 29.1 Å². The molecule has 2 N–H and O–H groups in total. The Kier molecular flexibility index (Phi) is 7.85. The predicted octanol–water partition coefficient (Wildman–Crippen LogP) is 5.99. The van der Waals surface area contributed by atoms with Crippen molar-refractivity contribution in [2.75, 3.05) is 36.9 Å². The third-order valence-electron chi connectivity index (χ3n) is 6.46. The molecule has 204 valence electrons. The highest BCUT2D eigenvalue weighted by atomic mass is 35.5. The molecule has 1 aliphatic heterocycles. The highest BCUT2D eigenvalue weighted by Crippen LogP contribution is 2.28. The maximum absolute atomic E-state index is 12.4. The molecule has 4 aromatic rings. The number of nitrogens with one attached hydrogen (secondary N) is 2. The van der Waals surface area contributed by atoms with Crippen LogP contribution in [0.25, 0.3) is 16.9 Å². The number of halogens is 1. The lowest BCUT2D eigenvalue weighted by molar-refractivity contribution is 0.238. The maximum Gasteiger partial charge on any atom is 0.324 e. The molecule has 0 bridgehead atoms. The number of carbonyl (C=O) groups is 1. The molecule has 0 atom stereocenters. The maximum atomic E-state index is 12.4. The Balaban J connectivity index is 1.17. The van der Waals surface area contributed by atoms with Gasteiger partial charge in [0.25, 0.3) is 0 Å². The van der Waals surface area contributed by atoms with Gasteiger partial charge in [-0.2, -0.15) is 0 Å². The lowest BCUT2D eigenvalue weighted by Crippen LogP contribution is -2.25. The first-order valence-corrected chi connectivity index (χ1v) is 13.4. The summed E-state index contributed by atoms with van der Waals surface area (Å²) >= 11 is 6.54. The first kappa shape index (κ1) is 26.7. The van der Waals surface area contributed by atoms with E-state index in [2.05, 4.69) is 31.0 Å². The van der Waals surface area contributed by atoms with Crippen LogP contribution in [0, 0.1) is 0 Å². The van der Waals surface area contributed by atoms with E-state index in [0.717, 1.165) is 30.9 Å². The van der Waals surface area contributed by atoms with Crippen molar-refractivity contribution in [3.05, 3.63) is 65.5 Å². The molecule has 1 saturated heterocycles. The number of nitrogens with zero attached hydrogens (tertiary/aromatic N) is 5. The highest BCUT2D eigenvalue weighted by Gasteiger charge is 2.20. The minimum atomic E-state index is -0.416. The Morgan fingerprint density at radius 3 is 2.54 bits per heavy atom. The molecule has 0 spiro atoms. The summed E-state index contributed by atoms with van der Waals surface area (Å²) in [6, 6.07) is 14.2. The predicted molar refractivity (Wildman–Crippen MR) is 151 cm³/mol. The van der Waals surface area contributed by atoms with Crippen LogP contribution in [-0.4, -0.2) is 57.3 Å². The number of hydrogen-bond donors (Lipinski definition) is 2. The summed E-state index contributed by atoms with van der Waals surface area (Å²) < 4.78 is 12.8. The summed E-state index contributed by atoms with van der Waals surface area (Å²) in [4.78, 5) is 14.8. The van der Waals surface area contributed by atoms with E-state index in [9.17, 15) is 4.79 Å². The van der Waals surface area contributed by atoms with Gasteiger partial charge in [0.15, 0.2) is 5.82 Å². The highest BCUT2D eigenvalue weighted by molar-refractivity contribution is 6.32. The van der Waals surface area contributed by atoms with Crippen molar-refractivity contribution in [3.8, 4) is 22.7 Å². The molecular weight excluding hydrogens is 518 g/mol. The molecule has 11 heteroatoms. The molecule has 2 aromatic carbocycles. The summed E-state index contributed by atoms with van der Waals surface area (Å²) in [7, 11) is 0. The second kappa shape index (κ2) is 11.5. The Bertz CT molecular complexity index is 1420. The van der Waals surface area contributed by atoms with E-state index in [1.165, 1.54) is 12.8 Å². The van der Waals surface area contributed by atoms with Crippen LogP contribution in [0.4, 0.5) is 16.3 Å². The van der Waals surface area contributed by atoms with Gasteiger partial charge in [0.05, 0.1) is 16.9 Å². The van der Waals surface area contributed by atoms with Gasteiger partial charge >= 0.3 is 6.03 Å². The van der Waals surface area contributed by atoms with E-state index in [1.54, 1.807) is 28.9 Å². The van der Waals surface area contributed by atoms with Gasteiger partial charge in [-0.1, -0.05) is 54.9 Å². The van der Waals surface area contributed by atoms with Crippen LogP contribution in [0.15, 0.2) is 59.3 Å². The number of amides is 2. The van der Waals surface area contributed by atoms with Crippen LogP contribution < -0.4 is 15.4 Å².